The highest BCUT2D eigenvalue weighted by Gasteiger charge is 2.12. The fourth-order valence-corrected chi connectivity index (χ4v) is 6.33. The lowest BCUT2D eigenvalue weighted by Crippen LogP contribution is -1.95. The Kier molecular flexibility index (Phi) is 11.0. The first-order valence-electron chi connectivity index (χ1n) is 17.2. The van der Waals surface area contributed by atoms with E-state index < -0.39 is 0 Å². The van der Waals surface area contributed by atoms with Gasteiger partial charge in [0.1, 0.15) is 11.3 Å². The lowest BCUT2D eigenvalue weighted by Gasteiger charge is -2.06. The van der Waals surface area contributed by atoms with E-state index in [4.69, 9.17) is 9.83 Å². The number of benzene rings is 4. The summed E-state index contributed by atoms with van der Waals surface area (Å²) in [4.78, 5) is 0. The van der Waals surface area contributed by atoms with Crippen molar-refractivity contribution in [3.05, 3.63) is 205 Å². The van der Waals surface area contributed by atoms with Gasteiger partial charge in [0.15, 0.2) is 0 Å². The fraction of sp³-hybridized carbons (Fsp3) is 0.0625. The van der Waals surface area contributed by atoms with E-state index in [9.17, 15) is 0 Å². The van der Waals surface area contributed by atoms with Gasteiger partial charge in [-0.3, -0.25) is 0 Å². The smallest absolute Gasteiger partial charge is 0.135 e. The highest BCUT2D eigenvalue weighted by molar-refractivity contribution is 6.10. The Morgan fingerprint density at radius 3 is 2.14 bits per heavy atom. The van der Waals surface area contributed by atoms with Crippen LogP contribution in [0.25, 0.3) is 56.2 Å². The second kappa shape index (κ2) is 16.3. The van der Waals surface area contributed by atoms with Crippen LogP contribution in [0.1, 0.15) is 42.7 Å². The van der Waals surface area contributed by atoms with E-state index in [1.165, 1.54) is 10.8 Å². The lowest BCUT2D eigenvalue weighted by molar-refractivity contribution is 0.603. The number of nitrogens with one attached hydrogen (secondary N) is 1. The van der Waals surface area contributed by atoms with Crippen LogP contribution in [0.3, 0.4) is 0 Å². The highest BCUT2D eigenvalue weighted by atomic mass is 16.3. The second-order valence-corrected chi connectivity index (χ2v) is 12.1. The quantitative estimate of drug-likeness (QED) is 0.0970. The molecule has 0 bridgehead atoms. The van der Waals surface area contributed by atoms with E-state index in [2.05, 4.69) is 115 Å². The van der Waals surface area contributed by atoms with Gasteiger partial charge >= 0.3 is 0 Å². The van der Waals surface area contributed by atoms with E-state index >= 15 is 0 Å². The van der Waals surface area contributed by atoms with Gasteiger partial charge < -0.3 is 14.4 Å². The van der Waals surface area contributed by atoms with Crippen LogP contribution in [0.5, 0.6) is 0 Å². The first kappa shape index (κ1) is 34.4. The number of para-hydroxylation sites is 2. The van der Waals surface area contributed by atoms with E-state index in [1.807, 2.05) is 86.7 Å². The maximum atomic E-state index is 8.80. The predicted octanol–water partition coefficient (Wildman–Crippen LogP) is 13.4. The van der Waals surface area contributed by atoms with Gasteiger partial charge in [-0.1, -0.05) is 147 Å². The van der Waals surface area contributed by atoms with Crippen molar-refractivity contribution < 1.29 is 4.42 Å². The van der Waals surface area contributed by atoms with Gasteiger partial charge in [0, 0.05) is 27.4 Å². The molecule has 0 spiro atoms. The van der Waals surface area contributed by atoms with Crippen LogP contribution in [-0.2, 0) is 0 Å². The molecule has 3 heteroatoms. The molecule has 51 heavy (non-hydrogen) atoms. The maximum Gasteiger partial charge on any atom is 0.135 e. The number of furan rings is 1. The van der Waals surface area contributed by atoms with Crippen LogP contribution in [0, 0.1) is 5.41 Å². The summed E-state index contributed by atoms with van der Waals surface area (Å²) in [7, 11) is 0. The van der Waals surface area contributed by atoms with Crippen molar-refractivity contribution in [2.75, 3.05) is 0 Å². The molecule has 2 aromatic heterocycles. The molecular formula is C48H42N2O. The van der Waals surface area contributed by atoms with E-state index in [1.54, 1.807) is 6.08 Å². The molecule has 1 N–H and O–H groups in total. The lowest BCUT2D eigenvalue weighted by atomic mass is 10.00. The summed E-state index contributed by atoms with van der Waals surface area (Å²) in [5.74, 6) is 0.770. The maximum absolute atomic E-state index is 8.80. The summed E-state index contributed by atoms with van der Waals surface area (Å²) in [6, 6.07) is 33.0. The summed E-state index contributed by atoms with van der Waals surface area (Å²) < 4.78 is 8.25. The van der Waals surface area contributed by atoms with Crippen molar-refractivity contribution in [1.82, 2.24) is 4.57 Å². The summed E-state index contributed by atoms with van der Waals surface area (Å²) in [5.41, 5.74) is 9.57. The molecule has 0 radical (unpaired) electrons. The molecule has 3 nitrogen and oxygen atoms in total. The molecule has 0 aliphatic heterocycles. The number of rotatable bonds is 13. The minimum absolute atomic E-state index is 0.469. The molecule has 0 unspecified atom stereocenters. The van der Waals surface area contributed by atoms with Crippen molar-refractivity contribution in [3.63, 3.8) is 0 Å². The normalized spacial score (nSPS) is 13.1. The topological polar surface area (TPSA) is 41.9 Å². The number of allylic oxidation sites excluding steroid dienone is 14. The van der Waals surface area contributed by atoms with E-state index in [0.29, 0.717) is 12.1 Å². The van der Waals surface area contributed by atoms with Crippen LogP contribution in [-0.4, -0.2) is 10.3 Å². The first-order valence-corrected chi connectivity index (χ1v) is 17.2. The van der Waals surface area contributed by atoms with Crippen LogP contribution in [0.2, 0.25) is 0 Å². The van der Waals surface area contributed by atoms with Gasteiger partial charge in [-0.15, -0.1) is 0 Å². The van der Waals surface area contributed by atoms with Gasteiger partial charge in [-0.05, 0) is 85.0 Å². The molecule has 4 aromatic carbocycles. The molecule has 0 amide bonds. The molecule has 0 saturated heterocycles. The van der Waals surface area contributed by atoms with Gasteiger partial charge in [0.2, 0.25) is 0 Å². The van der Waals surface area contributed by atoms with Crippen molar-refractivity contribution in [2.24, 2.45) is 0 Å². The Balaban J connectivity index is 1.26. The molecule has 0 saturated carbocycles. The molecule has 0 aliphatic rings. The fourth-order valence-electron chi connectivity index (χ4n) is 6.33. The highest BCUT2D eigenvalue weighted by Crippen LogP contribution is 2.32. The third kappa shape index (κ3) is 7.74. The third-order valence-corrected chi connectivity index (χ3v) is 8.71. The molecule has 6 aromatic rings. The minimum atomic E-state index is 0.469. The SMILES string of the molecule is C=Cc1oc2ccc(C(/C=C\C)=C/C=C/C(=C\C(=N)c3ccccc3)C/C=C\C=C/C(=C)n3c4ccccc4c4ccccc43)cc2c1/C=C\C. The monoisotopic (exact) mass is 662 g/mol. The van der Waals surface area contributed by atoms with Gasteiger partial charge in [0.25, 0.3) is 0 Å². The molecule has 250 valence electrons. The standard InChI is InChI=1S/C48H42N2O/c1-5-19-37(39-31-32-48-43(34-39)42(20-6-2)47(7-3)51-48)26-18-23-36(33-44(49)38-24-12-9-13-25-38)22-11-8-10-21-35(4)50-45-29-16-14-27-40(45)41-28-15-17-30-46(41)50/h5-21,23-34,49H,3-4,22H2,1-2H3/b11-8-,19-5-,20-6-,21-10-,23-18+,36-33-,37-26+,49-44?. The van der Waals surface area contributed by atoms with Gasteiger partial charge in [0.05, 0.1) is 16.7 Å². The number of nitrogens with zero attached hydrogens (tertiary/aromatic N) is 1. The second-order valence-electron chi connectivity index (χ2n) is 12.1. The average molecular weight is 663 g/mol. The number of hydrogen-bond donors (Lipinski definition) is 1. The van der Waals surface area contributed by atoms with Crippen LogP contribution < -0.4 is 0 Å². The van der Waals surface area contributed by atoms with Crippen molar-refractivity contribution in [3.8, 4) is 0 Å². The van der Waals surface area contributed by atoms with Crippen molar-refractivity contribution in [1.29, 1.82) is 5.41 Å². The zero-order chi connectivity index (χ0) is 35.6. The number of aromatic nitrogens is 1. The van der Waals surface area contributed by atoms with Crippen molar-refractivity contribution in [2.45, 2.75) is 20.3 Å². The third-order valence-electron chi connectivity index (χ3n) is 8.71. The van der Waals surface area contributed by atoms with Gasteiger partial charge in [-0.25, -0.2) is 0 Å². The molecule has 0 fully saturated rings. The number of hydrogen-bond acceptors (Lipinski definition) is 2. The summed E-state index contributed by atoms with van der Waals surface area (Å²) in [6.45, 7) is 12.4. The van der Waals surface area contributed by atoms with E-state index in [0.717, 1.165) is 61.3 Å². The largest absolute Gasteiger partial charge is 0.456 e. The first-order chi connectivity index (χ1) is 25.0. The average Bonchev–Trinajstić information content (AvgIpc) is 3.69. The van der Waals surface area contributed by atoms with Crippen LogP contribution in [0.4, 0.5) is 0 Å². The van der Waals surface area contributed by atoms with E-state index in [-0.39, 0.29) is 0 Å². The molecular weight excluding hydrogens is 621 g/mol. The van der Waals surface area contributed by atoms with Crippen LogP contribution >= 0.6 is 0 Å². The Morgan fingerprint density at radius 2 is 1.45 bits per heavy atom. The predicted molar refractivity (Wildman–Crippen MR) is 222 cm³/mol. The summed E-state index contributed by atoms with van der Waals surface area (Å²) in [6.07, 6.45) is 27.1. The van der Waals surface area contributed by atoms with Gasteiger partial charge in [-0.2, -0.15) is 0 Å². The summed E-state index contributed by atoms with van der Waals surface area (Å²) >= 11 is 0. The zero-order valence-electron chi connectivity index (χ0n) is 29.2. The van der Waals surface area contributed by atoms with Crippen molar-refractivity contribution >= 4 is 61.9 Å². The minimum Gasteiger partial charge on any atom is -0.456 e. The Labute approximate surface area is 300 Å². The Hall–Kier alpha value is -6.45. The Bertz CT molecular complexity index is 2400. The molecule has 6 rings (SSSR count). The van der Waals surface area contributed by atoms with Crippen LogP contribution in [0.15, 0.2) is 187 Å². The molecule has 0 atom stereocenters. The molecule has 0 aliphatic carbocycles. The molecule has 2 heterocycles. The Morgan fingerprint density at radius 1 is 0.745 bits per heavy atom. The summed E-state index contributed by atoms with van der Waals surface area (Å²) in [5, 5.41) is 12.3. The zero-order valence-corrected chi connectivity index (χ0v) is 29.2. The number of fused-ring (bicyclic) bond motifs is 4.